The molecule has 1 atom stereocenters. The third-order valence-corrected chi connectivity index (χ3v) is 5.47. The first-order chi connectivity index (χ1) is 10.9. The van der Waals surface area contributed by atoms with Crippen LogP contribution in [0.15, 0.2) is 18.2 Å². The molecule has 0 amide bonds. The van der Waals surface area contributed by atoms with Crippen LogP contribution in [0.3, 0.4) is 0 Å². The van der Waals surface area contributed by atoms with Gasteiger partial charge in [-0.05, 0) is 44.0 Å². The van der Waals surface area contributed by atoms with Crippen LogP contribution in [0.5, 0.6) is 0 Å². The largest absolute Gasteiger partial charge is 0.480 e. The van der Waals surface area contributed by atoms with Gasteiger partial charge in [-0.25, -0.2) is 0 Å². The number of likely N-dealkylation sites (tertiary alicyclic amines) is 1. The van der Waals surface area contributed by atoms with Gasteiger partial charge in [-0.2, -0.15) is 0 Å². The Morgan fingerprint density at radius 1 is 1.33 bits per heavy atom. The summed E-state index contributed by atoms with van der Waals surface area (Å²) in [6, 6.07) is 6.43. The minimum Gasteiger partial charge on any atom is -0.480 e. The van der Waals surface area contributed by atoms with Crippen molar-refractivity contribution in [3.05, 3.63) is 33.8 Å². The number of likely N-dealkylation sites (N-methyl/N-ethyl adjacent to an activating group) is 1. The van der Waals surface area contributed by atoms with E-state index in [0.29, 0.717) is 16.1 Å². The van der Waals surface area contributed by atoms with E-state index in [1.165, 1.54) is 0 Å². The molecule has 7 heteroatoms. The highest BCUT2D eigenvalue weighted by atomic mass is 35.5. The Hall–Kier alpha value is -0.520. The van der Waals surface area contributed by atoms with Crippen molar-refractivity contribution < 1.29 is 9.90 Å². The lowest BCUT2D eigenvalue weighted by Crippen LogP contribution is -2.47. The number of halogens is 3. The van der Waals surface area contributed by atoms with Gasteiger partial charge in [0.15, 0.2) is 0 Å². The summed E-state index contributed by atoms with van der Waals surface area (Å²) in [7, 11) is 0. The standard InChI is InChI=1S/C17H24Cl2N2O2.ClH/c1-3-20(11-17(22)23)14-6-8-21(9-7-14)12(2)13-4-5-15(18)16(19)10-13;/h4-5,10,12,14H,3,6-9,11H2,1-2H3,(H,22,23);1H. The summed E-state index contributed by atoms with van der Waals surface area (Å²) in [5.74, 6) is -0.751. The van der Waals surface area contributed by atoms with E-state index in [1.54, 1.807) is 0 Å². The molecule has 1 aromatic rings. The van der Waals surface area contributed by atoms with Crippen molar-refractivity contribution in [2.75, 3.05) is 26.2 Å². The number of nitrogens with zero attached hydrogens (tertiary/aromatic N) is 2. The number of carbonyl (C=O) groups is 1. The van der Waals surface area contributed by atoms with Crippen LogP contribution >= 0.6 is 35.6 Å². The van der Waals surface area contributed by atoms with Crippen molar-refractivity contribution in [1.29, 1.82) is 0 Å². The summed E-state index contributed by atoms with van der Waals surface area (Å²) >= 11 is 12.1. The van der Waals surface area contributed by atoms with Gasteiger partial charge in [0.05, 0.1) is 16.6 Å². The van der Waals surface area contributed by atoms with Crippen molar-refractivity contribution in [2.24, 2.45) is 0 Å². The molecule has 2 rings (SSSR count). The minimum absolute atomic E-state index is 0. The Morgan fingerprint density at radius 3 is 2.46 bits per heavy atom. The van der Waals surface area contributed by atoms with Crippen LogP contribution in [-0.4, -0.2) is 53.1 Å². The van der Waals surface area contributed by atoms with Crippen LogP contribution in [0.4, 0.5) is 0 Å². The fourth-order valence-corrected chi connectivity index (χ4v) is 3.60. The van der Waals surface area contributed by atoms with E-state index in [0.717, 1.165) is 38.0 Å². The van der Waals surface area contributed by atoms with Crippen molar-refractivity contribution in [1.82, 2.24) is 9.80 Å². The van der Waals surface area contributed by atoms with Gasteiger partial charge in [-0.3, -0.25) is 14.6 Å². The topological polar surface area (TPSA) is 43.8 Å². The lowest BCUT2D eigenvalue weighted by atomic mass is 9.99. The average Bonchev–Trinajstić information content (AvgIpc) is 2.54. The zero-order valence-electron chi connectivity index (χ0n) is 14.0. The van der Waals surface area contributed by atoms with E-state index in [1.807, 2.05) is 25.1 Å². The van der Waals surface area contributed by atoms with E-state index in [2.05, 4.69) is 16.7 Å². The predicted molar refractivity (Wildman–Crippen MR) is 102 cm³/mol. The Balaban J connectivity index is 0.00000288. The van der Waals surface area contributed by atoms with E-state index in [9.17, 15) is 4.79 Å². The zero-order valence-corrected chi connectivity index (χ0v) is 16.4. The molecule has 0 spiro atoms. The van der Waals surface area contributed by atoms with Gasteiger partial charge in [-0.1, -0.05) is 36.2 Å². The molecular formula is C17H25Cl3N2O2. The second-order valence-corrected chi connectivity index (χ2v) is 6.89. The molecule has 136 valence electrons. The number of aliphatic carboxylic acids is 1. The van der Waals surface area contributed by atoms with Gasteiger partial charge < -0.3 is 5.11 Å². The molecule has 0 radical (unpaired) electrons. The first-order valence-corrected chi connectivity index (χ1v) is 8.82. The molecule has 1 unspecified atom stereocenters. The fourth-order valence-electron chi connectivity index (χ4n) is 3.29. The lowest BCUT2D eigenvalue weighted by Gasteiger charge is -2.40. The van der Waals surface area contributed by atoms with Gasteiger partial charge >= 0.3 is 5.97 Å². The van der Waals surface area contributed by atoms with Crippen LogP contribution in [-0.2, 0) is 4.79 Å². The van der Waals surface area contributed by atoms with E-state index >= 15 is 0 Å². The number of rotatable bonds is 6. The molecule has 4 nitrogen and oxygen atoms in total. The van der Waals surface area contributed by atoms with E-state index < -0.39 is 5.97 Å². The van der Waals surface area contributed by atoms with Crippen LogP contribution in [0.25, 0.3) is 0 Å². The van der Waals surface area contributed by atoms with Crippen molar-refractivity contribution in [3.8, 4) is 0 Å². The summed E-state index contributed by atoms with van der Waals surface area (Å²) in [6.45, 7) is 7.02. The molecule has 1 aromatic carbocycles. The summed E-state index contributed by atoms with van der Waals surface area (Å²) in [5, 5.41) is 10.2. The van der Waals surface area contributed by atoms with Gasteiger partial charge in [-0.15, -0.1) is 12.4 Å². The highest BCUT2D eigenvalue weighted by Crippen LogP contribution is 2.30. The minimum atomic E-state index is -0.751. The van der Waals surface area contributed by atoms with Crippen LogP contribution in [0, 0.1) is 0 Å². The lowest BCUT2D eigenvalue weighted by molar-refractivity contribution is -0.139. The van der Waals surface area contributed by atoms with E-state index in [-0.39, 0.29) is 25.0 Å². The number of benzene rings is 1. The normalized spacial score (nSPS) is 17.5. The van der Waals surface area contributed by atoms with Gasteiger partial charge in [0.25, 0.3) is 0 Å². The highest BCUT2D eigenvalue weighted by Gasteiger charge is 2.27. The molecule has 1 heterocycles. The van der Waals surface area contributed by atoms with Crippen LogP contribution < -0.4 is 0 Å². The highest BCUT2D eigenvalue weighted by molar-refractivity contribution is 6.42. The first-order valence-electron chi connectivity index (χ1n) is 8.07. The van der Waals surface area contributed by atoms with Gasteiger partial charge in [0.1, 0.15) is 0 Å². The Bertz CT molecular complexity index is 549. The number of piperidine rings is 1. The maximum absolute atomic E-state index is 11.0. The molecule has 1 saturated heterocycles. The molecule has 24 heavy (non-hydrogen) atoms. The quantitative estimate of drug-likeness (QED) is 0.778. The third-order valence-electron chi connectivity index (χ3n) is 4.73. The first kappa shape index (κ1) is 21.5. The number of hydrogen-bond donors (Lipinski definition) is 1. The molecule has 0 saturated carbocycles. The Morgan fingerprint density at radius 2 is 1.96 bits per heavy atom. The van der Waals surface area contributed by atoms with Gasteiger partial charge in [0, 0.05) is 25.2 Å². The number of carboxylic acids is 1. The summed E-state index contributed by atoms with van der Waals surface area (Å²) < 4.78 is 0. The average molecular weight is 396 g/mol. The van der Waals surface area contributed by atoms with Gasteiger partial charge in [0.2, 0.25) is 0 Å². The summed E-state index contributed by atoms with van der Waals surface area (Å²) in [6.07, 6.45) is 1.99. The maximum Gasteiger partial charge on any atom is 0.317 e. The number of hydrogen-bond acceptors (Lipinski definition) is 3. The Kier molecular flexibility index (Phi) is 8.82. The van der Waals surface area contributed by atoms with Crippen LogP contribution in [0.1, 0.15) is 38.3 Å². The molecule has 1 aliphatic rings. The van der Waals surface area contributed by atoms with Crippen molar-refractivity contribution in [2.45, 2.75) is 38.8 Å². The second kappa shape index (κ2) is 9.83. The third kappa shape index (κ3) is 5.50. The molecule has 0 aromatic heterocycles. The van der Waals surface area contributed by atoms with E-state index in [4.69, 9.17) is 28.3 Å². The fraction of sp³-hybridized carbons (Fsp3) is 0.588. The molecule has 1 aliphatic heterocycles. The smallest absolute Gasteiger partial charge is 0.317 e. The Labute approximate surface area is 160 Å². The van der Waals surface area contributed by atoms with Crippen LogP contribution in [0.2, 0.25) is 10.0 Å². The second-order valence-electron chi connectivity index (χ2n) is 6.07. The summed E-state index contributed by atoms with van der Waals surface area (Å²) in [5.41, 5.74) is 1.16. The molecular weight excluding hydrogens is 371 g/mol. The predicted octanol–water partition coefficient (Wildman–Crippen LogP) is 4.35. The monoisotopic (exact) mass is 394 g/mol. The van der Waals surface area contributed by atoms with Crippen molar-refractivity contribution in [3.63, 3.8) is 0 Å². The van der Waals surface area contributed by atoms with Crippen molar-refractivity contribution >= 4 is 41.6 Å². The maximum atomic E-state index is 11.0. The number of carboxylic acid groups (broad SMARTS) is 1. The molecule has 0 bridgehead atoms. The summed E-state index contributed by atoms with van der Waals surface area (Å²) in [4.78, 5) is 15.4. The zero-order chi connectivity index (χ0) is 17.0. The molecule has 1 N–H and O–H groups in total. The molecule has 0 aliphatic carbocycles. The SMILES string of the molecule is CCN(CC(=O)O)C1CCN(C(C)c2ccc(Cl)c(Cl)c2)CC1.Cl. The molecule has 1 fully saturated rings.